The molecule has 1 unspecified atom stereocenters. The number of carbonyl (C=O) groups is 1. The van der Waals surface area contributed by atoms with E-state index in [4.69, 9.17) is 0 Å². The van der Waals surface area contributed by atoms with Gasteiger partial charge in [0.1, 0.15) is 11.9 Å². The second kappa shape index (κ2) is 7.53. The van der Waals surface area contributed by atoms with Crippen LogP contribution in [0.1, 0.15) is 29.9 Å². The quantitative estimate of drug-likeness (QED) is 0.746. The number of nitrogens with one attached hydrogen (secondary N) is 1. The summed E-state index contributed by atoms with van der Waals surface area (Å²) in [5, 5.41) is 11.4. The minimum Gasteiger partial charge on any atom is -0.350 e. The van der Waals surface area contributed by atoms with E-state index >= 15 is 0 Å². The van der Waals surface area contributed by atoms with Crippen LogP contribution in [0.15, 0.2) is 47.3 Å². The second-order valence-electron chi connectivity index (χ2n) is 6.33. The second-order valence-corrected chi connectivity index (χ2v) is 6.33. The molecule has 3 aromatic rings. The molecule has 2 heterocycles. The summed E-state index contributed by atoms with van der Waals surface area (Å²) in [6.45, 7) is 5.58. The van der Waals surface area contributed by atoms with Gasteiger partial charge in [-0.1, -0.05) is 12.1 Å². The highest BCUT2D eigenvalue weighted by molar-refractivity contribution is 5.79. The molecule has 1 atom stereocenters. The lowest BCUT2D eigenvalue weighted by Gasteiger charge is -2.15. The number of benzene rings is 1. The van der Waals surface area contributed by atoms with E-state index in [-0.39, 0.29) is 23.8 Å². The molecular weight excluding hydrogens is 349 g/mol. The molecule has 1 aromatic carbocycles. The van der Waals surface area contributed by atoms with Crippen LogP contribution >= 0.6 is 0 Å². The monoisotopic (exact) mass is 369 g/mol. The van der Waals surface area contributed by atoms with Gasteiger partial charge in [0.15, 0.2) is 5.82 Å². The van der Waals surface area contributed by atoms with E-state index in [2.05, 4.69) is 15.5 Å². The Hall–Kier alpha value is -3.29. The zero-order valence-electron chi connectivity index (χ0n) is 15.3. The Morgan fingerprint density at radius 1 is 1.15 bits per heavy atom. The number of carbonyl (C=O) groups excluding carboxylic acids is 1. The summed E-state index contributed by atoms with van der Waals surface area (Å²) in [7, 11) is 0. The van der Waals surface area contributed by atoms with Crippen LogP contribution in [0.4, 0.5) is 4.39 Å². The Morgan fingerprint density at radius 3 is 2.48 bits per heavy atom. The highest BCUT2D eigenvalue weighted by atomic mass is 19.1. The molecule has 140 valence electrons. The number of aromatic nitrogens is 4. The lowest BCUT2D eigenvalue weighted by Crippen LogP contribution is -2.37. The van der Waals surface area contributed by atoms with E-state index in [1.165, 1.54) is 18.2 Å². The third kappa shape index (κ3) is 4.11. The van der Waals surface area contributed by atoms with E-state index in [1.54, 1.807) is 29.8 Å². The molecule has 1 amide bonds. The first-order chi connectivity index (χ1) is 12.8. The van der Waals surface area contributed by atoms with Crippen LogP contribution in [-0.2, 0) is 11.3 Å². The standard InChI is InChI=1S/C19H20FN5O2/c1-12-10-13(2)24(22-12)17-8-9-18(26)25(23-17)14(3)19(27)21-11-15-4-6-16(20)7-5-15/h4-10,14H,11H2,1-3H3,(H,21,27). The molecule has 0 aliphatic heterocycles. The minimum atomic E-state index is -0.810. The molecule has 7 nitrogen and oxygen atoms in total. The van der Waals surface area contributed by atoms with Crippen LogP contribution in [0.2, 0.25) is 0 Å². The maximum Gasteiger partial charge on any atom is 0.267 e. The molecular formula is C19H20FN5O2. The Morgan fingerprint density at radius 2 is 1.85 bits per heavy atom. The average Bonchev–Trinajstić information content (AvgIpc) is 2.99. The SMILES string of the molecule is Cc1cc(C)n(-c2ccc(=O)n(C(C)C(=O)NCc3ccc(F)cc3)n2)n1. The van der Waals surface area contributed by atoms with E-state index < -0.39 is 6.04 Å². The first-order valence-corrected chi connectivity index (χ1v) is 8.51. The number of nitrogens with zero attached hydrogens (tertiary/aromatic N) is 4. The fourth-order valence-corrected chi connectivity index (χ4v) is 2.72. The Kier molecular flexibility index (Phi) is 5.16. The summed E-state index contributed by atoms with van der Waals surface area (Å²) < 4.78 is 15.7. The molecule has 0 radical (unpaired) electrons. The highest BCUT2D eigenvalue weighted by Gasteiger charge is 2.18. The summed E-state index contributed by atoms with van der Waals surface area (Å²) >= 11 is 0. The van der Waals surface area contributed by atoms with Crippen molar-refractivity contribution >= 4 is 5.91 Å². The van der Waals surface area contributed by atoms with E-state index in [1.807, 2.05) is 19.9 Å². The summed E-state index contributed by atoms with van der Waals surface area (Å²) in [6.07, 6.45) is 0. The molecule has 27 heavy (non-hydrogen) atoms. The van der Waals surface area contributed by atoms with Gasteiger partial charge >= 0.3 is 0 Å². The number of rotatable bonds is 5. The molecule has 0 saturated carbocycles. The molecule has 0 saturated heterocycles. The lowest BCUT2D eigenvalue weighted by molar-refractivity contribution is -0.124. The molecule has 3 rings (SSSR count). The maximum absolute atomic E-state index is 12.9. The first-order valence-electron chi connectivity index (χ1n) is 8.51. The average molecular weight is 369 g/mol. The Balaban J connectivity index is 1.79. The van der Waals surface area contributed by atoms with Gasteiger partial charge in [-0.25, -0.2) is 13.8 Å². The third-order valence-corrected chi connectivity index (χ3v) is 4.16. The maximum atomic E-state index is 12.9. The summed E-state index contributed by atoms with van der Waals surface area (Å²) in [6, 6.07) is 9.86. The van der Waals surface area contributed by atoms with E-state index in [0.717, 1.165) is 21.6 Å². The Bertz CT molecular complexity index is 1020. The first kappa shape index (κ1) is 18.5. The topological polar surface area (TPSA) is 81.8 Å². The normalized spacial score (nSPS) is 12.0. The van der Waals surface area contributed by atoms with Crippen molar-refractivity contribution < 1.29 is 9.18 Å². The highest BCUT2D eigenvalue weighted by Crippen LogP contribution is 2.10. The fourth-order valence-electron chi connectivity index (χ4n) is 2.72. The van der Waals surface area contributed by atoms with Gasteiger partial charge < -0.3 is 5.32 Å². The number of amides is 1. The van der Waals surface area contributed by atoms with Gasteiger partial charge in [0.25, 0.3) is 5.56 Å². The smallest absolute Gasteiger partial charge is 0.267 e. The third-order valence-electron chi connectivity index (χ3n) is 4.16. The largest absolute Gasteiger partial charge is 0.350 e. The number of aryl methyl sites for hydroxylation is 2. The molecule has 0 aliphatic carbocycles. The molecule has 2 aromatic heterocycles. The molecule has 8 heteroatoms. The van der Waals surface area contributed by atoms with Crippen LogP contribution in [-0.4, -0.2) is 25.5 Å². The van der Waals surface area contributed by atoms with Crippen molar-refractivity contribution in [1.29, 1.82) is 0 Å². The van der Waals surface area contributed by atoms with Crippen molar-refractivity contribution in [3.63, 3.8) is 0 Å². The van der Waals surface area contributed by atoms with Crippen LogP contribution < -0.4 is 10.9 Å². The summed E-state index contributed by atoms with van der Waals surface area (Å²) in [5.74, 6) is -0.243. The zero-order valence-corrected chi connectivity index (χ0v) is 15.3. The number of halogens is 1. The number of hydrogen-bond donors (Lipinski definition) is 1. The van der Waals surface area contributed by atoms with Gasteiger partial charge in [0.05, 0.1) is 5.69 Å². The van der Waals surface area contributed by atoms with Crippen LogP contribution in [0.3, 0.4) is 0 Å². The van der Waals surface area contributed by atoms with Gasteiger partial charge in [-0.3, -0.25) is 9.59 Å². The van der Waals surface area contributed by atoms with Crippen LogP contribution in [0.5, 0.6) is 0 Å². The zero-order chi connectivity index (χ0) is 19.6. The lowest BCUT2D eigenvalue weighted by atomic mass is 10.2. The van der Waals surface area contributed by atoms with Crippen molar-refractivity contribution in [2.75, 3.05) is 0 Å². The summed E-state index contributed by atoms with van der Waals surface area (Å²) in [4.78, 5) is 24.6. The Labute approximate surface area is 155 Å². The van der Waals surface area contributed by atoms with Crippen LogP contribution in [0, 0.1) is 19.7 Å². The minimum absolute atomic E-state index is 0.232. The van der Waals surface area contributed by atoms with Crippen LogP contribution in [0.25, 0.3) is 5.82 Å². The van der Waals surface area contributed by atoms with Gasteiger partial charge in [-0.2, -0.15) is 5.10 Å². The molecule has 0 aliphatic rings. The summed E-state index contributed by atoms with van der Waals surface area (Å²) in [5.41, 5.74) is 2.08. The molecule has 0 bridgehead atoms. The van der Waals surface area contributed by atoms with Crippen molar-refractivity contribution in [2.45, 2.75) is 33.4 Å². The van der Waals surface area contributed by atoms with Gasteiger partial charge in [0.2, 0.25) is 5.91 Å². The van der Waals surface area contributed by atoms with Gasteiger partial charge in [-0.05, 0) is 50.6 Å². The predicted molar refractivity (Wildman–Crippen MR) is 98.1 cm³/mol. The van der Waals surface area contributed by atoms with Crippen molar-refractivity contribution in [1.82, 2.24) is 24.9 Å². The molecule has 0 spiro atoms. The van der Waals surface area contributed by atoms with E-state index in [9.17, 15) is 14.0 Å². The molecule has 1 N–H and O–H groups in total. The number of hydrogen-bond acceptors (Lipinski definition) is 4. The fraction of sp³-hybridized carbons (Fsp3) is 0.263. The van der Waals surface area contributed by atoms with Crippen molar-refractivity contribution in [3.05, 3.63) is 75.6 Å². The molecule has 0 fully saturated rings. The van der Waals surface area contributed by atoms with Gasteiger partial charge in [0, 0.05) is 18.3 Å². The predicted octanol–water partition coefficient (Wildman–Crippen LogP) is 2.06. The van der Waals surface area contributed by atoms with Gasteiger partial charge in [-0.15, -0.1) is 5.10 Å². The van der Waals surface area contributed by atoms with E-state index in [0.29, 0.717) is 5.82 Å². The van der Waals surface area contributed by atoms with Crippen molar-refractivity contribution in [2.24, 2.45) is 0 Å². The van der Waals surface area contributed by atoms with Crippen molar-refractivity contribution in [3.8, 4) is 5.82 Å².